The molecule has 0 saturated carbocycles. The monoisotopic (exact) mass is 241 g/mol. The molecule has 0 aliphatic heterocycles. The predicted octanol–water partition coefficient (Wildman–Crippen LogP) is 3.26. The second-order valence-electron chi connectivity index (χ2n) is 4.14. The fraction of sp³-hybridized carbons (Fsp3) is 0.455. The van der Waals surface area contributed by atoms with Gasteiger partial charge in [0.05, 0.1) is 0 Å². The van der Waals surface area contributed by atoms with Gasteiger partial charge in [-0.3, -0.25) is 0 Å². The zero-order valence-corrected chi connectivity index (χ0v) is 10.2. The highest BCUT2D eigenvalue weighted by Crippen LogP contribution is 2.27. The molecule has 0 heterocycles. The third-order valence-corrected chi connectivity index (χ3v) is 3.05. The van der Waals surface area contributed by atoms with Gasteiger partial charge in [0.2, 0.25) is 0 Å². The van der Waals surface area contributed by atoms with Crippen LogP contribution in [0.5, 0.6) is 0 Å². The molecule has 72 valence electrons. The molecule has 13 heavy (non-hydrogen) atoms. The van der Waals surface area contributed by atoms with Crippen molar-refractivity contribution in [3.63, 3.8) is 0 Å². The Balaban J connectivity index is 3.32. The van der Waals surface area contributed by atoms with E-state index in [1.807, 2.05) is 13.8 Å². The number of aryl methyl sites for hydroxylation is 2. The molecule has 0 unspecified atom stereocenters. The van der Waals surface area contributed by atoms with Crippen LogP contribution in [0.3, 0.4) is 0 Å². The molecule has 1 nitrogen and oxygen atoms in total. The lowest BCUT2D eigenvalue weighted by Crippen LogP contribution is -2.29. The van der Waals surface area contributed by atoms with Crippen LogP contribution < -0.4 is 5.73 Å². The SMILES string of the molecule is Cc1cc(C)c(C(C)(C)N)cc1Br. The third-order valence-electron chi connectivity index (χ3n) is 2.20. The van der Waals surface area contributed by atoms with Gasteiger partial charge in [-0.05, 0) is 50.5 Å². The van der Waals surface area contributed by atoms with E-state index in [1.165, 1.54) is 16.7 Å². The summed E-state index contributed by atoms with van der Waals surface area (Å²) in [6.45, 7) is 8.24. The van der Waals surface area contributed by atoms with Gasteiger partial charge in [-0.25, -0.2) is 0 Å². The molecule has 0 spiro atoms. The first-order valence-electron chi connectivity index (χ1n) is 4.38. The largest absolute Gasteiger partial charge is 0.322 e. The van der Waals surface area contributed by atoms with Crippen molar-refractivity contribution in [3.05, 3.63) is 33.3 Å². The zero-order chi connectivity index (χ0) is 10.2. The van der Waals surface area contributed by atoms with E-state index in [4.69, 9.17) is 5.73 Å². The van der Waals surface area contributed by atoms with Crippen LogP contribution in [0, 0.1) is 13.8 Å². The Morgan fingerprint density at radius 1 is 1.15 bits per heavy atom. The van der Waals surface area contributed by atoms with Crippen molar-refractivity contribution in [2.45, 2.75) is 33.2 Å². The Kier molecular flexibility index (Phi) is 2.83. The van der Waals surface area contributed by atoms with Crippen LogP contribution in [0.15, 0.2) is 16.6 Å². The van der Waals surface area contributed by atoms with Crippen molar-refractivity contribution in [1.82, 2.24) is 0 Å². The molecule has 0 amide bonds. The maximum absolute atomic E-state index is 6.06. The highest BCUT2D eigenvalue weighted by molar-refractivity contribution is 9.10. The maximum Gasteiger partial charge on any atom is 0.0355 e. The van der Waals surface area contributed by atoms with E-state index < -0.39 is 0 Å². The lowest BCUT2D eigenvalue weighted by Gasteiger charge is -2.22. The summed E-state index contributed by atoms with van der Waals surface area (Å²) in [6.07, 6.45) is 0. The van der Waals surface area contributed by atoms with E-state index in [0.717, 1.165) is 4.47 Å². The topological polar surface area (TPSA) is 26.0 Å². The minimum Gasteiger partial charge on any atom is -0.322 e. The molecule has 0 radical (unpaired) electrons. The first kappa shape index (κ1) is 10.7. The molecule has 1 aromatic carbocycles. The first-order valence-corrected chi connectivity index (χ1v) is 5.18. The van der Waals surface area contributed by atoms with E-state index in [9.17, 15) is 0 Å². The van der Waals surface area contributed by atoms with Crippen LogP contribution in [-0.2, 0) is 5.54 Å². The van der Waals surface area contributed by atoms with Crippen LogP contribution in [0.4, 0.5) is 0 Å². The average molecular weight is 242 g/mol. The molecule has 2 heteroatoms. The van der Waals surface area contributed by atoms with Gasteiger partial charge in [-0.15, -0.1) is 0 Å². The number of hydrogen-bond acceptors (Lipinski definition) is 1. The van der Waals surface area contributed by atoms with E-state index in [2.05, 4.69) is 41.9 Å². The van der Waals surface area contributed by atoms with Gasteiger partial charge in [0, 0.05) is 10.0 Å². The Morgan fingerprint density at radius 3 is 2.15 bits per heavy atom. The molecule has 0 saturated heterocycles. The van der Waals surface area contributed by atoms with Gasteiger partial charge in [0.15, 0.2) is 0 Å². The normalized spacial score (nSPS) is 11.8. The van der Waals surface area contributed by atoms with E-state index in [1.54, 1.807) is 0 Å². The fourth-order valence-electron chi connectivity index (χ4n) is 1.52. The van der Waals surface area contributed by atoms with Crippen molar-refractivity contribution in [3.8, 4) is 0 Å². The minimum atomic E-state index is -0.264. The average Bonchev–Trinajstić information content (AvgIpc) is 1.94. The van der Waals surface area contributed by atoms with Gasteiger partial charge in [0.25, 0.3) is 0 Å². The highest BCUT2D eigenvalue weighted by Gasteiger charge is 2.17. The molecule has 0 fully saturated rings. The minimum absolute atomic E-state index is 0.264. The maximum atomic E-state index is 6.06. The molecule has 0 aliphatic rings. The Morgan fingerprint density at radius 2 is 1.69 bits per heavy atom. The summed E-state index contributed by atoms with van der Waals surface area (Å²) in [5.74, 6) is 0. The molecule has 0 aliphatic carbocycles. The molecular formula is C11H16BrN. The van der Waals surface area contributed by atoms with E-state index in [0.29, 0.717) is 0 Å². The summed E-state index contributed by atoms with van der Waals surface area (Å²) in [7, 11) is 0. The molecule has 2 N–H and O–H groups in total. The number of hydrogen-bond donors (Lipinski definition) is 1. The van der Waals surface area contributed by atoms with Crippen molar-refractivity contribution in [1.29, 1.82) is 0 Å². The van der Waals surface area contributed by atoms with Gasteiger partial charge in [0.1, 0.15) is 0 Å². The predicted molar refractivity (Wildman–Crippen MR) is 60.8 cm³/mol. The van der Waals surface area contributed by atoms with Crippen molar-refractivity contribution >= 4 is 15.9 Å². The summed E-state index contributed by atoms with van der Waals surface area (Å²) < 4.78 is 1.13. The number of nitrogens with two attached hydrogens (primary N) is 1. The van der Waals surface area contributed by atoms with Crippen molar-refractivity contribution in [2.75, 3.05) is 0 Å². The third kappa shape index (κ3) is 2.32. The molecule has 0 aromatic heterocycles. The fourth-order valence-corrected chi connectivity index (χ4v) is 1.86. The molecular weight excluding hydrogens is 226 g/mol. The van der Waals surface area contributed by atoms with Crippen LogP contribution >= 0.6 is 15.9 Å². The standard InChI is InChI=1S/C11H16BrN/c1-7-5-8(2)10(12)6-9(7)11(3,4)13/h5-6H,13H2,1-4H3. The van der Waals surface area contributed by atoms with Crippen LogP contribution in [0.1, 0.15) is 30.5 Å². The van der Waals surface area contributed by atoms with Crippen LogP contribution in [-0.4, -0.2) is 0 Å². The number of rotatable bonds is 1. The number of halogens is 1. The van der Waals surface area contributed by atoms with Gasteiger partial charge in [-0.1, -0.05) is 22.0 Å². The Labute approximate surface area is 88.5 Å². The molecule has 0 bridgehead atoms. The lowest BCUT2D eigenvalue weighted by atomic mass is 9.91. The van der Waals surface area contributed by atoms with Gasteiger partial charge >= 0.3 is 0 Å². The molecule has 0 atom stereocenters. The molecule has 1 aromatic rings. The summed E-state index contributed by atoms with van der Waals surface area (Å²) in [5.41, 5.74) is 9.50. The van der Waals surface area contributed by atoms with Gasteiger partial charge < -0.3 is 5.73 Å². The second kappa shape index (κ2) is 3.43. The quantitative estimate of drug-likeness (QED) is 0.803. The highest BCUT2D eigenvalue weighted by atomic mass is 79.9. The van der Waals surface area contributed by atoms with Crippen LogP contribution in [0.2, 0.25) is 0 Å². The first-order chi connectivity index (χ1) is 5.82. The van der Waals surface area contributed by atoms with E-state index >= 15 is 0 Å². The number of benzene rings is 1. The lowest BCUT2D eigenvalue weighted by molar-refractivity contribution is 0.550. The summed E-state index contributed by atoms with van der Waals surface area (Å²) in [5, 5.41) is 0. The molecule has 1 rings (SSSR count). The summed E-state index contributed by atoms with van der Waals surface area (Å²) >= 11 is 3.52. The van der Waals surface area contributed by atoms with Crippen molar-refractivity contribution < 1.29 is 0 Å². The Hall–Kier alpha value is -0.340. The van der Waals surface area contributed by atoms with Crippen molar-refractivity contribution in [2.24, 2.45) is 5.73 Å². The second-order valence-corrected chi connectivity index (χ2v) is 4.99. The zero-order valence-electron chi connectivity index (χ0n) is 8.61. The summed E-state index contributed by atoms with van der Waals surface area (Å²) in [6, 6.07) is 4.28. The Bertz CT molecular complexity index is 324. The smallest absolute Gasteiger partial charge is 0.0355 e. The summed E-state index contributed by atoms with van der Waals surface area (Å²) in [4.78, 5) is 0. The van der Waals surface area contributed by atoms with Crippen LogP contribution in [0.25, 0.3) is 0 Å². The van der Waals surface area contributed by atoms with Gasteiger partial charge in [-0.2, -0.15) is 0 Å². The van der Waals surface area contributed by atoms with E-state index in [-0.39, 0.29) is 5.54 Å².